The quantitative estimate of drug-likeness (QED) is 0.614. The molecular weight excluding hydrogens is 418 g/mol. The molecule has 0 fully saturated rings. The number of anilines is 1. The second-order valence-corrected chi connectivity index (χ2v) is 9.75. The molecule has 0 unspecified atom stereocenters. The van der Waals surface area contributed by atoms with Gasteiger partial charge in [-0.05, 0) is 54.7 Å². The van der Waals surface area contributed by atoms with Crippen molar-refractivity contribution in [3.05, 3.63) is 47.9 Å². The van der Waals surface area contributed by atoms with Crippen molar-refractivity contribution in [1.82, 2.24) is 10.0 Å². The van der Waals surface area contributed by atoms with Crippen LogP contribution in [0.3, 0.4) is 0 Å². The molecule has 0 bridgehead atoms. The maximum absolute atomic E-state index is 13.0. The second-order valence-electron chi connectivity index (χ2n) is 8.04. The molecular formula is C22H29N3O5S. The highest BCUT2D eigenvalue weighted by molar-refractivity contribution is 7.89. The van der Waals surface area contributed by atoms with E-state index in [9.17, 15) is 18.0 Å². The Morgan fingerprint density at radius 3 is 2.65 bits per heavy atom. The molecule has 0 saturated carbocycles. The zero-order valence-corrected chi connectivity index (χ0v) is 18.9. The van der Waals surface area contributed by atoms with Gasteiger partial charge in [-0.15, -0.1) is 0 Å². The van der Waals surface area contributed by atoms with E-state index in [-0.39, 0.29) is 23.3 Å². The van der Waals surface area contributed by atoms with Crippen LogP contribution in [-0.2, 0) is 32.6 Å². The molecule has 0 spiro atoms. The van der Waals surface area contributed by atoms with Crippen LogP contribution in [-0.4, -0.2) is 32.8 Å². The molecule has 2 heterocycles. The summed E-state index contributed by atoms with van der Waals surface area (Å²) >= 11 is 0. The number of nitrogens with one attached hydrogen (secondary N) is 2. The average molecular weight is 448 g/mol. The van der Waals surface area contributed by atoms with E-state index < -0.39 is 22.0 Å². The summed E-state index contributed by atoms with van der Waals surface area (Å²) in [6, 6.07) is 7.28. The van der Waals surface area contributed by atoms with Gasteiger partial charge in [0, 0.05) is 18.7 Å². The second kappa shape index (κ2) is 9.65. The summed E-state index contributed by atoms with van der Waals surface area (Å²) in [7, 11) is -3.92. The number of carbonyl (C=O) groups is 2. The topological polar surface area (TPSA) is 109 Å². The van der Waals surface area contributed by atoms with E-state index in [0.717, 1.165) is 11.3 Å². The molecule has 0 radical (unpaired) electrons. The van der Waals surface area contributed by atoms with Crippen molar-refractivity contribution >= 4 is 27.5 Å². The number of furan rings is 1. The van der Waals surface area contributed by atoms with Crippen molar-refractivity contribution in [3.8, 4) is 0 Å². The Morgan fingerprint density at radius 2 is 2.00 bits per heavy atom. The number of fused-ring (bicyclic) bond motifs is 1. The normalized spacial score (nSPS) is 14.5. The smallest absolute Gasteiger partial charge is 0.241 e. The first-order chi connectivity index (χ1) is 14.7. The molecule has 1 aromatic heterocycles. The van der Waals surface area contributed by atoms with Gasteiger partial charge in [0.2, 0.25) is 21.8 Å². The largest absolute Gasteiger partial charge is 0.467 e. The van der Waals surface area contributed by atoms with E-state index in [0.29, 0.717) is 31.6 Å². The molecule has 0 saturated heterocycles. The molecule has 3 rings (SSSR count). The molecule has 0 aliphatic carbocycles. The fraction of sp³-hybridized carbons (Fsp3) is 0.455. The van der Waals surface area contributed by atoms with E-state index in [1.54, 1.807) is 36.1 Å². The van der Waals surface area contributed by atoms with Gasteiger partial charge in [-0.25, -0.2) is 8.42 Å². The number of benzene rings is 1. The molecule has 1 aliphatic heterocycles. The molecule has 1 aliphatic rings. The first-order valence-corrected chi connectivity index (χ1v) is 11.9. The van der Waals surface area contributed by atoms with Crippen LogP contribution in [0.2, 0.25) is 0 Å². The van der Waals surface area contributed by atoms with Crippen LogP contribution in [0.25, 0.3) is 0 Å². The Kier molecular flexibility index (Phi) is 7.17. The summed E-state index contributed by atoms with van der Waals surface area (Å²) in [5.41, 5.74) is 1.56. The zero-order chi connectivity index (χ0) is 22.6. The molecule has 168 valence electrons. The molecule has 31 heavy (non-hydrogen) atoms. The van der Waals surface area contributed by atoms with Gasteiger partial charge in [0.15, 0.2) is 0 Å². The number of hydrogen-bond donors (Lipinski definition) is 2. The number of rotatable bonds is 9. The van der Waals surface area contributed by atoms with Crippen molar-refractivity contribution < 1.29 is 22.4 Å². The standard InChI is InChI=1S/C22H29N3O5S/c1-4-21(26)25-10-9-16-13-18(7-8-20(16)25)31(28,29)24-19(12-15(2)3)22(27)23-14-17-6-5-11-30-17/h5-8,11,13,15,19,24H,4,9-10,12,14H2,1-3H3,(H,23,27)/t19-/m0/s1. The molecule has 8 nitrogen and oxygen atoms in total. The summed E-state index contributed by atoms with van der Waals surface area (Å²) in [5.74, 6) is 0.298. The van der Waals surface area contributed by atoms with Crippen LogP contribution in [0, 0.1) is 5.92 Å². The van der Waals surface area contributed by atoms with Gasteiger partial charge in [0.1, 0.15) is 11.8 Å². The first kappa shape index (κ1) is 23.0. The predicted molar refractivity (Wildman–Crippen MR) is 117 cm³/mol. The van der Waals surface area contributed by atoms with Gasteiger partial charge in [0.25, 0.3) is 0 Å². The number of amides is 2. The highest BCUT2D eigenvalue weighted by atomic mass is 32.2. The number of hydrogen-bond acceptors (Lipinski definition) is 5. The van der Waals surface area contributed by atoms with Crippen LogP contribution < -0.4 is 14.9 Å². The number of nitrogens with zero attached hydrogens (tertiary/aromatic N) is 1. The minimum Gasteiger partial charge on any atom is -0.467 e. The third-order valence-electron chi connectivity index (χ3n) is 5.20. The lowest BCUT2D eigenvalue weighted by atomic mass is 10.0. The summed E-state index contributed by atoms with van der Waals surface area (Å²) < 4.78 is 33.9. The van der Waals surface area contributed by atoms with E-state index in [2.05, 4.69) is 10.0 Å². The van der Waals surface area contributed by atoms with Gasteiger partial charge in [-0.3, -0.25) is 9.59 Å². The summed E-state index contributed by atoms with van der Waals surface area (Å²) in [4.78, 5) is 26.5. The van der Waals surface area contributed by atoms with E-state index in [1.807, 2.05) is 13.8 Å². The Bertz CT molecular complexity index is 1030. The maximum Gasteiger partial charge on any atom is 0.241 e. The van der Waals surface area contributed by atoms with E-state index >= 15 is 0 Å². The minimum atomic E-state index is -3.92. The summed E-state index contributed by atoms with van der Waals surface area (Å²) in [6.07, 6.45) is 2.86. The van der Waals surface area contributed by atoms with Crippen molar-refractivity contribution in [2.45, 2.75) is 57.5 Å². The third-order valence-corrected chi connectivity index (χ3v) is 6.67. The molecule has 2 aromatic rings. The fourth-order valence-electron chi connectivity index (χ4n) is 3.64. The lowest BCUT2D eigenvalue weighted by Gasteiger charge is -2.20. The third kappa shape index (κ3) is 5.54. The lowest BCUT2D eigenvalue weighted by molar-refractivity contribution is -0.123. The highest BCUT2D eigenvalue weighted by Gasteiger charge is 2.29. The molecule has 1 aromatic carbocycles. The minimum absolute atomic E-state index is 0.0118. The fourth-order valence-corrected chi connectivity index (χ4v) is 4.90. The predicted octanol–water partition coefficient (Wildman–Crippen LogP) is 2.59. The lowest BCUT2D eigenvalue weighted by Crippen LogP contribution is -2.47. The van der Waals surface area contributed by atoms with Crippen LogP contribution >= 0.6 is 0 Å². The molecule has 9 heteroatoms. The Labute approximate surface area is 183 Å². The zero-order valence-electron chi connectivity index (χ0n) is 18.1. The molecule has 2 N–H and O–H groups in total. The van der Waals surface area contributed by atoms with Crippen LogP contribution in [0.5, 0.6) is 0 Å². The summed E-state index contributed by atoms with van der Waals surface area (Å²) in [5, 5.41) is 2.73. The van der Waals surface area contributed by atoms with Crippen LogP contribution in [0.1, 0.15) is 44.9 Å². The first-order valence-electron chi connectivity index (χ1n) is 10.5. The van der Waals surface area contributed by atoms with Crippen LogP contribution in [0.15, 0.2) is 45.9 Å². The average Bonchev–Trinajstić information content (AvgIpc) is 3.39. The monoisotopic (exact) mass is 447 g/mol. The van der Waals surface area contributed by atoms with Gasteiger partial charge in [0.05, 0.1) is 17.7 Å². The number of carbonyl (C=O) groups excluding carboxylic acids is 2. The van der Waals surface area contributed by atoms with Crippen molar-refractivity contribution in [2.24, 2.45) is 5.92 Å². The van der Waals surface area contributed by atoms with E-state index in [1.165, 1.54) is 12.3 Å². The van der Waals surface area contributed by atoms with E-state index in [4.69, 9.17) is 4.42 Å². The molecule has 2 amide bonds. The summed E-state index contributed by atoms with van der Waals surface area (Å²) in [6.45, 7) is 6.38. The maximum atomic E-state index is 13.0. The highest BCUT2D eigenvalue weighted by Crippen LogP contribution is 2.30. The van der Waals surface area contributed by atoms with Gasteiger partial charge in [-0.2, -0.15) is 4.72 Å². The van der Waals surface area contributed by atoms with Gasteiger partial charge < -0.3 is 14.6 Å². The number of sulfonamides is 1. The van der Waals surface area contributed by atoms with Gasteiger partial charge in [-0.1, -0.05) is 20.8 Å². The van der Waals surface area contributed by atoms with Crippen LogP contribution in [0.4, 0.5) is 5.69 Å². The Morgan fingerprint density at radius 1 is 1.23 bits per heavy atom. The molecule has 1 atom stereocenters. The van der Waals surface area contributed by atoms with Crippen molar-refractivity contribution in [1.29, 1.82) is 0 Å². The Hall–Kier alpha value is -2.65. The van der Waals surface area contributed by atoms with Crippen molar-refractivity contribution in [3.63, 3.8) is 0 Å². The van der Waals surface area contributed by atoms with Crippen molar-refractivity contribution in [2.75, 3.05) is 11.4 Å². The Balaban J connectivity index is 1.76. The van der Waals surface area contributed by atoms with Gasteiger partial charge >= 0.3 is 0 Å². The SMILES string of the molecule is CCC(=O)N1CCc2cc(S(=O)(=O)N[C@@H](CC(C)C)C(=O)NCc3ccco3)ccc21.